The molecule has 7 fully saturated rings. The Morgan fingerprint density at radius 2 is 1.70 bits per heavy atom. The Morgan fingerprint density at radius 3 is 2.39 bits per heavy atom. The Hall–Kier alpha value is -2.91. The van der Waals surface area contributed by atoms with Crippen molar-refractivity contribution in [3.05, 3.63) is 41.0 Å². The number of carbonyl (C=O) groups excluding carboxylic acids is 3. The highest BCUT2D eigenvalue weighted by molar-refractivity contribution is 5.96. The van der Waals surface area contributed by atoms with Gasteiger partial charge in [-0.1, -0.05) is 89.3 Å². The number of aliphatic hydroxyl groups is 2. The molecule has 12 atom stereocenters. The molecular formula is C48H71N3O10. The van der Waals surface area contributed by atoms with E-state index in [1.807, 2.05) is 12.1 Å². The number of nitrogens with one attached hydrogen (secondary N) is 2. The molecule has 13 nitrogen and oxygen atoms in total. The molecule has 3 aliphatic carbocycles. The minimum Gasteiger partial charge on any atom is -0.458 e. The van der Waals surface area contributed by atoms with Crippen molar-refractivity contribution in [3.8, 4) is 0 Å². The predicted octanol–water partition coefficient (Wildman–Crippen LogP) is 5.88. The number of allylic oxidation sites excluding steroid dienone is 1. The summed E-state index contributed by atoms with van der Waals surface area (Å²) in [7, 11) is 0. The summed E-state index contributed by atoms with van der Waals surface area (Å²) in [6, 6.07) is 5.68. The van der Waals surface area contributed by atoms with Crippen LogP contribution in [-0.2, 0) is 44.7 Å². The van der Waals surface area contributed by atoms with Crippen molar-refractivity contribution in [3.63, 3.8) is 0 Å². The Labute approximate surface area is 361 Å². The van der Waals surface area contributed by atoms with Gasteiger partial charge in [0.15, 0.2) is 11.8 Å². The third-order valence-electron chi connectivity index (χ3n) is 15.6. The summed E-state index contributed by atoms with van der Waals surface area (Å²) in [6.07, 6.45) is 10.9. The third kappa shape index (κ3) is 8.35. The highest BCUT2D eigenvalue weighted by atomic mass is 16.8. The zero-order chi connectivity index (χ0) is 43.3. The van der Waals surface area contributed by atoms with Crippen LogP contribution in [0.1, 0.15) is 143 Å². The fraction of sp³-hybridized carbons (Fsp3) is 0.771. The lowest BCUT2D eigenvalue weighted by molar-refractivity contribution is -0.224. The van der Waals surface area contributed by atoms with E-state index in [9.17, 15) is 19.8 Å². The summed E-state index contributed by atoms with van der Waals surface area (Å²) in [6.45, 7) is 12.6. The Balaban J connectivity index is 1.14. The summed E-state index contributed by atoms with van der Waals surface area (Å²) in [5, 5.41) is 27.2. The van der Waals surface area contributed by atoms with Crippen LogP contribution in [0.5, 0.6) is 0 Å². The van der Waals surface area contributed by atoms with Crippen LogP contribution in [0.4, 0.5) is 0 Å². The van der Waals surface area contributed by atoms with Crippen LogP contribution >= 0.6 is 0 Å². The Morgan fingerprint density at radius 1 is 0.984 bits per heavy atom. The first-order valence-electron chi connectivity index (χ1n) is 23.5. The van der Waals surface area contributed by atoms with Gasteiger partial charge in [-0.2, -0.15) is 5.06 Å². The summed E-state index contributed by atoms with van der Waals surface area (Å²) in [5.74, 6) is -1.69. The number of fused-ring (bicyclic) bond motifs is 6. The number of rotatable bonds is 17. The first kappa shape index (κ1) is 44.7. The van der Waals surface area contributed by atoms with Crippen molar-refractivity contribution in [2.45, 2.75) is 198 Å². The number of amides is 2. The van der Waals surface area contributed by atoms with E-state index in [4.69, 9.17) is 23.8 Å². The highest BCUT2D eigenvalue weighted by Crippen LogP contribution is 2.61. The summed E-state index contributed by atoms with van der Waals surface area (Å²) < 4.78 is 26.5. The molecule has 2 bridgehead atoms. The number of benzene rings is 1. The van der Waals surface area contributed by atoms with Gasteiger partial charge in [-0.05, 0) is 87.2 Å². The molecular weight excluding hydrogens is 779 g/mol. The molecule has 3 unspecified atom stereocenters. The fourth-order valence-electron chi connectivity index (χ4n) is 12.1. The molecule has 3 saturated carbocycles. The molecule has 1 aromatic rings. The smallest absolute Gasteiger partial charge is 0.327 e. The molecule has 1 aromatic carbocycles. The van der Waals surface area contributed by atoms with Crippen LogP contribution in [0.3, 0.4) is 0 Å². The maximum absolute atomic E-state index is 15.1. The topological polar surface area (TPSA) is 168 Å². The molecule has 7 aliphatic rings. The minimum atomic E-state index is -1.54. The van der Waals surface area contributed by atoms with E-state index in [1.165, 1.54) is 12.5 Å². The maximum Gasteiger partial charge on any atom is 0.327 e. The largest absolute Gasteiger partial charge is 0.458 e. The number of esters is 1. The van der Waals surface area contributed by atoms with Crippen LogP contribution in [0, 0.1) is 22.7 Å². The zero-order valence-corrected chi connectivity index (χ0v) is 37.3. The second-order valence-electron chi connectivity index (χ2n) is 20.2. The van der Waals surface area contributed by atoms with E-state index in [0.29, 0.717) is 24.7 Å². The molecule has 338 valence electrons. The first-order valence-corrected chi connectivity index (χ1v) is 23.5. The average Bonchev–Trinajstić information content (AvgIpc) is 3.50. The Kier molecular flexibility index (Phi) is 12.9. The molecule has 4 saturated heterocycles. The maximum atomic E-state index is 15.1. The predicted molar refractivity (Wildman–Crippen MR) is 227 cm³/mol. The van der Waals surface area contributed by atoms with E-state index >= 15 is 4.79 Å². The number of hydrogen-bond donors (Lipinski definition) is 4. The number of unbranched alkanes of at least 4 members (excludes halogenated alkanes) is 4. The van der Waals surface area contributed by atoms with Crippen LogP contribution in [0.25, 0.3) is 6.08 Å². The second kappa shape index (κ2) is 17.6. The molecule has 4 heterocycles. The minimum absolute atomic E-state index is 0.0144. The summed E-state index contributed by atoms with van der Waals surface area (Å²) in [4.78, 5) is 49.9. The van der Waals surface area contributed by atoms with E-state index in [1.54, 1.807) is 5.06 Å². The lowest BCUT2D eigenvalue weighted by Crippen LogP contribution is -2.71. The lowest BCUT2D eigenvalue weighted by Gasteiger charge is -2.53. The zero-order valence-electron chi connectivity index (χ0n) is 37.3. The van der Waals surface area contributed by atoms with Gasteiger partial charge in [0.1, 0.15) is 35.9 Å². The van der Waals surface area contributed by atoms with E-state index in [0.717, 1.165) is 81.8 Å². The van der Waals surface area contributed by atoms with Gasteiger partial charge in [0.05, 0.1) is 31.0 Å². The van der Waals surface area contributed by atoms with Crippen LogP contribution in [-0.4, -0.2) is 106 Å². The molecule has 0 aromatic heterocycles. The molecule has 4 aliphatic heterocycles. The normalized spacial score (nSPS) is 37.1. The lowest BCUT2D eigenvalue weighted by atomic mass is 9.52. The SMILES string of the molecule is CCCCCC1(CCCCC)O[C@@H]2[C@H]3ON(Cc4ccccc4C=C4CCC5O[C@]5(C)CC[C@@H]5[C@@H]4CC5(C)C)[C@H]4C(=O)OC(CC34C(=O)N[C@@H](C(=O)NCCO)[C@H](C)O)[C@@H]2O1. The van der Waals surface area contributed by atoms with Crippen molar-refractivity contribution in [2.24, 2.45) is 22.7 Å². The van der Waals surface area contributed by atoms with Crippen LogP contribution < -0.4 is 10.6 Å². The van der Waals surface area contributed by atoms with Gasteiger partial charge < -0.3 is 39.8 Å². The highest BCUT2D eigenvalue weighted by Gasteiger charge is 2.76. The third-order valence-corrected chi connectivity index (χ3v) is 15.6. The van der Waals surface area contributed by atoms with Crippen molar-refractivity contribution in [1.82, 2.24) is 15.7 Å². The quantitative estimate of drug-likeness (QED) is 0.0840. The molecule has 4 N–H and O–H groups in total. The van der Waals surface area contributed by atoms with Gasteiger partial charge in [0.2, 0.25) is 11.8 Å². The Bertz CT molecular complexity index is 1810. The first-order chi connectivity index (χ1) is 29.2. The van der Waals surface area contributed by atoms with Gasteiger partial charge in [-0.25, -0.2) is 0 Å². The van der Waals surface area contributed by atoms with Gasteiger partial charge in [0.25, 0.3) is 0 Å². The summed E-state index contributed by atoms with van der Waals surface area (Å²) in [5.41, 5.74) is 2.14. The molecule has 61 heavy (non-hydrogen) atoms. The molecule has 0 radical (unpaired) electrons. The van der Waals surface area contributed by atoms with Gasteiger partial charge in [-0.3, -0.25) is 19.2 Å². The number of ether oxygens (including phenoxy) is 4. The van der Waals surface area contributed by atoms with E-state index in [-0.39, 0.29) is 43.2 Å². The molecule has 13 heteroatoms. The van der Waals surface area contributed by atoms with Gasteiger partial charge >= 0.3 is 5.97 Å². The van der Waals surface area contributed by atoms with Crippen LogP contribution in [0.15, 0.2) is 29.8 Å². The number of hydroxylamine groups is 2. The van der Waals surface area contributed by atoms with E-state index < -0.39 is 71.6 Å². The molecule has 0 spiro atoms. The monoisotopic (exact) mass is 850 g/mol. The molecule has 2 amide bonds. The average molecular weight is 850 g/mol. The van der Waals surface area contributed by atoms with Gasteiger partial charge in [0, 0.05) is 25.8 Å². The van der Waals surface area contributed by atoms with Gasteiger partial charge in [-0.15, -0.1) is 0 Å². The van der Waals surface area contributed by atoms with E-state index in [2.05, 4.69) is 63.5 Å². The van der Waals surface area contributed by atoms with Crippen LogP contribution in [0.2, 0.25) is 0 Å². The van der Waals surface area contributed by atoms with Crippen molar-refractivity contribution >= 4 is 23.9 Å². The summed E-state index contributed by atoms with van der Waals surface area (Å²) >= 11 is 0. The standard InChI is InChI=1S/C48H71N3O10/c1-7-9-13-20-47(21-14-10-8-2)59-38-35-27-48(44(56)50-37(29(3)53)42(54)49-23-24-52)40(43(55)57-35)51(61-41(48)39(38)60-47)28-32-16-12-11-15-30(32)25-31-17-18-36-46(6,58-36)22-19-34-33(31)26-45(34,4)5/h11-12,15-16,25,29,33-41,52-53H,7-10,13-14,17-24,26-28H2,1-6H3,(H,49,54)(H,50,56)/t29-,33+,34+,35?,36?,37+,38-,39-,40-,41+,46+,48?/m0/s1. The second-order valence-corrected chi connectivity index (χ2v) is 20.2. The fourth-order valence-corrected chi connectivity index (χ4v) is 12.1. The number of carbonyl (C=O) groups is 3. The van der Waals surface area contributed by atoms with Crippen molar-refractivity contribution in [2.75, 3.05) is 13.2 Å². The van der Waals surface area contributed by atoms with Crippen molar-refractivity contribution < 1.29 is 48.4 Å². The van der Waals surface area contributed by atoms with Crippen molar-refractivity contribution in [1.29, 1.82) is 0 Å². The number of aliphatic hydroxyl groups excluding tert-OH is 2. The number of nitrogens with zero attached hydrogens (tertiary/aromatic N) is 1. The molecule has 8 rings (SSSR count). The number of hydrogen-bond acceptors (Lipinski definition) is 11. The number of epoxide rings is 1.